The fourth-order valence-electron chi connectivity index (χ4n) is 3.73. The molecule has 0 bridgehead atoms. The lowest BCUT2D eigenvalue weighted by Crippen LogP contribution is -2.45. The van der Waals surface area contributed by atoms with Crippen LogP contribution in [0, 0.1) is 0 Å². The zero-order valence-electron chi connectivity index (χ0n) is 14.1. The fourth-order valence-corrected chi connectivity index (χ4v) is 3.73. The largest absolute Gasteiger partial charge is 0.480 e. The molecule has 7 nitrogen and oxygen atoms in total. The van der Waals surface area contributed by atoms with E-state index in [1.807, 2.05) is 23.1 Å². The molecule has 0 saturated heterocycles. The summed E-state index contributed by atoms with van der Waals surface area (Å²) in [5.41, 5.74) is 3.94. The smallest absolute Gasteiger partial charge is 0.263 e. The van der Waals surface area contributed by atoms with Gasteiger partial charge >= 0.3 is 0 Å². The minimum atomic E-state index is -0.424. The van der Waals surface area contributed by atoms with Gasteiger partial charge in [-0.15, -0.1) is 0 Å². The summed E-state index contributed by atoms with van der Waals surface area (Å²) >= 11 is 0. The van der Waals surface area contributed by atoms with Gasteiger partial charge in [-0.2, -0.15) is 5.10 Å². The second-order valence-electron chi connectivity index (χ2n) is 6.67. The number of benzene rings is 1. The predicted octanol–water partition coefficient (Wildman–Crippen LogP) is 2.34. The maximum atomic E-state index is 13.0. The number of aryl methyl sites for hydroxylation is 1. The topological polar surface area (TPSA) is 84.2 Å². The van der Waals surface area contributed by atoms with Crippen molar-refractivity contribution in [1.82, 2.24) is 20.3 Å². The molecule has 7 heteroatoms. The molecular formula is C19H18N4O3. The first-order valence-electron chi connectivity index (χ1n) is 8.80. The van der Waals surface area contributed by atoms with E-state index in [4.69, 9.17) is 9.26 Å². The summed E-state index contributed by atoms with van der Waals surface area (Å²) in [6.07, 6.45) is 3.48. The van der Waals surface area contributed by atoms with Crippen LogP contribution in [0.2, 0.25) is 0 Å². The number of hydrogen-bond acceptors (Lipinski definition) is 5. The Hall–Kier alpha value is -3.09. The average molecular weight is 350 g/mol. The molecule has 1 amide bonds. The van der Waals surface area contributed by atoms with E-state index in [2.05, 4.69) is 21.4 Å². The van der Waals surface area contributed by atoms with Gasteiger partial charge in [0.1, 0.15) is 11.4 Å². The molecule has 5 rings (SSSR count). The van der Waals surface area contributed by atoms with Crippen LogP contribution in [0.3, 0.4) is 0 Å². The van der Waals surface area contributed by atoms with E-state index >= 15 is 0 Å². The first kappa shape index (κ1) is 15.2. The lowest BCUT2D eigenvalue weighted by Gasteiger charge is -2.32. The van der Waals surface area contributed by atoms with Crippen LogP contribution in [-0.2, 0) is 24.2 Å². The van der Waals surface area contributed by atoms with Gasteiger partial charge in [0.05, 0.1) is 6.20 Å². The van der Waals surface area contributed by atoms with Gasteiger partial charge < -0.3 is 14.2 Å². The first-order valence-corrected chi connectivity index (χ1v) is 8.80. The molecule has 1 aromatic carbocycles. The Bertz CT molecular complexity index is 948. The van der Waals surface area contributed by atoms with Crippen LogP contribution in [-0.4, -0.2) is 38.8 Å². The third-order valence-corrected chi connectivity index (χ3v) is 5.11. The van der Waals surface area contributed by atoms with E-state index in [9.17, 15) is 4.79 Å². The Balaban J connectivity index is 1.36. The van der Waals surface area contributed by atoms with Gasteiger partial charge in [-0.1, -0.05) is 23.4 Å². The molecule has 26 heavy (non-hydrogen) atoms. The SMILES string of the molecule is O=C([C@@H]1CCc2ccccc2O1)N1CCc2[nH]nc(-c3ccno3)c2C1. The van der Waals surface area contributed by atoms with Crippen molar-refractivity contribution < 1.29 is 14.1 Å². The lowest BCUT2D eigenvalue weighted by molar-refractivity contribution is -0.140. The van der Waals surface area contributed by atoms with Crippen LogP contribution in [0.5, 0.6) is 5.75 Å². The summed E-state index contributed by atoms with van der Waals surface area (Å²) in [5, 5.41) is 11.2. The first-order chi connectivity index (χ1) is 12.8. The molecular weight excluding hydrogens is 332 g/mol. The van der Waals surface area contributed by atoms with Crippen LogP contribution in [0.15, 0.2) is 41.1 Å². The summed E-state index contributed by atoms with van der Waals surface area (Å²) in [7, 11) is 0. The monoisotopic (exact) mass is 350 g/mol. The number of carbonyl (C=O) groups is 1. The van der Waals surface area contributed by atoms with Crippen molar-refractivity contribution in [2.24, 2.45) is 0 Å². The Morgan fingerprint density at radius 3 is 3.04 bits per heavy atom. The molecule has 2 aliphatic rings. The number of H-pyrrole nitrogens is 1. The number of para-hydroxylation sites is 1. The van der Waals surface area contributed by atoms with E-state index < -0.39 is 6.10 Å². The summed E-state index contributed by atoms with van der Waals surface area (Å²) in [6, 6.07) is 9.70. The number of amides is 1. The molecule has 132 valence electrons. The predicted molar refractivity (Wildman–Crippen MR) is 92.4 cm³/mol. The molecule has 0 spiro atoms. The van der Waals surface area contributed by atoms with E-state index in [0.29, 0.717) is 25.3 Å². The molecule has 0 unspecified atom stereocenters. The van der Waals surface area contributed by atoms with Crippen LogP contribution in [0.4, 0.5) is 0 Å². The summed E-state index contributed by atoms with van der Waals surface area (Å²) < 4.78 is 11.2. The number of aromatic nitrogens is 3. The van der Waals surface area contributed by atoms with Gasteiger partial charge in [-0.25, -0.2) is 0 Å². The summed E-state index contributed by atoms with van der Waals surface area (Å²) in [5.74, 6) is 1.47. The number of fused-ring (bicyclic) bond motifs is 2. The van der Waals surface area contributed by atoms with Gasteiger partial charge in [0.15, 0.2) is 11.9 Å². The number of carbonyl (C=O) groups excluding carboxylic acids is 1. The number of rotatable bonds is 2. The van der Waals surface area contributed by atoms with Crippen LogP contribution >= 0.6 is 0 Å². The van der Waals surface area contributed by atoms with Crippen molar-refractivity contribution in [2.75, 3.05) is 6.54 Å². The van der Waals surface area contributed by atoms with Crippen LogP contribution in [0.25, 0.3) is 11.5 Å². The number of nitrogens with zero attached hydrogens (tertiary/aromatic N) is 3. The number of ether oxygens (including phenoxy) is 1. The number of nitrogens with one attached hydrogen (secondary N) is 1. The minimum absolute atomic E-state index is 0.0369. The quantitative estimate of drug-likeness (QED) is 0.767. The lowest BCUT2D eigenvalue weighted by atomic mass is 9.99. The third-order valence-electron chi connectivity index (χ3n) is 5.11. The maximum absolute atomic E-state index is 13.0. The van der Waals surface area contributed by atoms with Crippen molar-refractivity contribution >= 4 is 5.91 Å². The molecule has 3 aromatic rings. The van der Waals surface area contributed by atoms with Gasteiger partial charge in [0.25, 0.3) is 5.91 Å². The molecule has 0 fully saturated rings. The van der Waals surface area contributed by atoms with E-state index in [-0.39, 0.29) is 5.91 Å². The minimum Gasteiger partial charge on any atom is -0.480 e. The Morgan fingerprint density at radius 1 is 1.23 bits per heavy atom. The zero-order chi connectivity index (χ0) is 17.5. The van der Waals surface area contributed by atoms with Crippen molar-refractivity contribution in [3.05, 3.63) is 53.3 Å². The highest BCUT2D eigenvalue weighted by atomic mass is 16.5. The molecule has 1 atom stereocenters. The van der Waals surface area contributed by atoms with Crippen molar-refractivity contribution in [3.8, 4) is 17.2 Å². The Labute approximate surface area is 149 Å². The maximum Gasteiger partial charge on any atom is 0.263 e. The van der Waals surface area contributed by atoms with Crippen molar-refractivity contribution in [3.63, 3.8) is 0 Å². The fraction of sp³-hybridized carbons (Fsp3) is 0.316. The average Bonchev–Trinajstić information content (AvgIpc) is 3.35. The van der Waals surface area contributed by atoms with Gasteiger partial charge in [-0.3, -0.25) is 9.89 Å². The normalized spacial score (nSPS) is 18.8. The van der Waals surface area contributed by atoms with Crippen LogP contribution in [0.1, 0.15) is 23.2 Å². The molecule has 0 saturated carbocycles. The van der Waals surface area contributed by atoms with Crippen molar-refractivity contribution in [1.29, 1.82) is 0 Å². The molecule has 2 aliphatic heterocycles. The van der Waals surface area contributed by atoms with Gasteiger partial charge in [0, 0.05) is 36.8 Å². The molecule has 2 aromatic heterocycles. The van der Waals surface area contributed by atoms with Crippen molar-refractivity contribution in [2.45, 2.75) is 31.9 Å². The summed E-state index contributed by atoms with van der Waals surface area (Å²) in [6.45, 7) is 1.16. The Kier molecular flexibility index (Phi) is 3.51. The molecule has 4 heterocycles. The van der Waals surface area contributed by atoms with Gasteiger partial charge in [0.2, 0.25) is 0 Å². The summed E-state index contributed by atoms with van der Waals surface area (Å²) in [4.78, 5) is 14.9. The van der Waals surface area contributed by atoms with E-state index in [0.717, 1.165) is 35.5 Å². The third kappa shape index (κ3) is 2.47. The number of aromatic amines is 1. The molecule has 0 radical (unpaired) electrons. The number of hydrogen-bond donors (Lipinski definition) is 1. The molecule has 1 N–H and O–H groups in total. The van der Waals surface area contributed by atoms with E-state index in [1.54, 1.807) is 12.3 Å². The molecule has 0 aliphatic carbocycles. The van der Waals surface area contributed by atoms with Gasteiger partial charge in [-0.05, 0) is 24.5 Å². The van der Waals surface area contributed by atoms with E-state index in [1.165, 1.54) is 5.56 Å². The highest BCUT2D eigenvalue weighted by Crippen LogP contribution is 2.31. The standard InChI is InChI=1S/C19H18N4O3/c24-19(17-6-5-12-3-1-2-4-15(12)25-17)23-10-8-14-13(11-23)18(22-21-14)16-7-9-20-26-16/h1-4,7,9,17H,5-6,8,10-11H2,(H,21,22)/t17-/m0/s1. The van der Waals surface area contributed by atoms with Crippen LogP contribution < -0.4 is 4.74 Å². The second kappa shape index (κ2) is 6.01. The highest BCUT2D eigenvalue weighted by Gasteiger charge is 2.33. The second-order valence-corrected chi connectivity index (χ2v) is 6.67. The zero-order valence-corrected chi connectivity index (χ0v) is 14.1. The highest BCUT2D eigenvalue weighted by molar-refractivity contribution is 5.82. The Morgan fingerprint density at radius 2 is 2.15 bits per heavy atom.